The standard InChI is InChI=1S/C18H25N3O3/c1-4-7-16(22)20(3)12-10-19(2)11-13-21-17(23)14-8-5-6-9-15(14)18(21)24/h5-6,8-9H,4,7,10-13H2,1-3H3. The van der Waals surface area contributed by atoms with Crippen molar-refractivity contribution >= 4 is 17.7 Å². The van der Waals surface area contributed by atoms with Crippen LogP contribution in [0.3, 0.4) is 0 Å². The topological polar surface area (TPSA) is 60.9 Å². The molecule has 0 fully saturated rings. The second kappa shape index (κ2) is 8.06. The number of hydrogen-bond acceptors (Lipinski definition) is 4. The summed E-state index contributed by atoms with van der Waals surface area (Å²) in [4.78, 5) is 41.4. The molecule has 0 radical (unpaired) electrons. The lowest BCUT2D eigenvalue weighted by atomic mass is 10.1. The van der Waals surface area contributed by atoms with E-state index < -0.39 is 0 Å². The van der Waals surface area contributed by atoms with Gasteiger partial charge in [0.25, 0.3) is 11.8 Å². The summed E-state index contributed by atoms with van der Waals surface area (Å²) in [6.07, 6.45) is 1.41. The van der Waals surface area contributed by atoms with Crippen LogP contribution in [0.15, 0.2) is 24.3 Å². The molecule has 0 saturated carbocycles. The summed E-state index contributed by atoms with van der Waals surface area (Å²) in [7, 11) is 3.73. The van der Waals surface area contributed by atoms with Crippen molar-refractivity contribution in [1.29, 1.82) is 0 Å². The second-order valence-corrected chi connectivity index (χ2v) is 6.18. The van der Waals surface area contributed by atoms with Gasteiger partial charge in [0, 0.05) is 39.6 Å². The number of benzene rings is 1. The van der Waals surface area contributed by atoms with Gasteiger partial charge >= 0.3 is 0 Å². The molecule has 0 aliphatic carbocycles. The molecule has 6 heteroatoms. The van der Waals surface area contributed by atoms with E-state index in [4.69, 9.17) is 0 Å². The predicted molar refractivity (Wildman–Crippen MR) is 91.9 cm³/mol. The molecular weight excluding hydrogens is 306 g/mol. The zero-order valence-electron chi connectivity index (χ0n) is 14.6. The number of likely N-dealkylation sites (N-methyl/N-ethyl adjacent to an activating group) is 2. The van der Waals surface area contributed by atoms with Crippen LogP contribution in [0.5, 0.6) is 0 Å². The molecule has 3 amide bonds. The summed E-state index contributed by atoms with van der Waals surface area (Å²) in [5, 5.41) is 0. The molecule has 24 heavy (non-hydrogen) atoms. The predicted octanol–water partition coefficient (Wildman–Crippen LogP) is 1.47. The van der Waals surface area contributed by atoms with Crippen molar-refractivity contribution in [2.75, 3.05) is 40.3 Å². The highest BCUT2D eigenvalue weighted by atomic mass is 16.2. The van der Waals surface area contributed by atoms with Crippen LogP contribution in [-0.4, -0.2) is 72.7 Å². The minimum atomic E-state index is -0.223. The molecule has 1 aromatic rings. The van der Waals surface area contributed by atoms with Crippen molar-refractivity contribution in [3.05, 3.63) is 35.4 Å². The van der Waals surface area contributed by atoms with Crippen molar-refractivity contribution in [3.63, 3.8) is 0 Å². The summed E-state index contributed by atoms with van der Waals surface area (Å²) in [6, 6.07) is 6.91. The third-order valence-corrected chi connectivity index (χ3v) is 4.29. The van der Waals surface area contributed by atoms with Gasteiger partial charge in [0.1, 0.15) is 0 Å². The van der Waals surface area contributed by atoms with Gasteiger partial charge in [0.15, 0.2) is 0 Å². The van der Waals surface area contributed by atoms with E-state index in [0.717, 1.165) is 6.42 Å². The van der Waals surface area contributed by atoms with Gasteiger partial charge in [-0.25, -0.2) is 0 Å². The Balaban J connectivity index is 1.81. The first-order valence-electron chi connectivity index (χ1n) is 8.33. The van der Waals surface area contributed by atoms with Crippen LogP contribution in [0.1, 0.15) is 40.5 Å². The van der Waals surface area contributed by atoms with Crippen LogP contribution in [0, 0.1) is 0 Å². The molecule has 0 unspecified atom stereocenters. The van der Waals surface area contributed by atoms with E-state index in [1.165, 1.54) is 4.90 Å². The second-order valence-electron chi connectivity index (χ2n) is 6.18. The highest BCUT2D eigenvalue weighted by Crippen LogP contribution is 2.21. The van der Waals surface area contributed by atoms with Crippen molar-refractivity contribution in [2.45, 2.75) is 19.8 Å². The van der Waals surface area contributed by atoms with Gasteiger partial charge < -0.3 is 9.80 Å². The van der Waals surface area contributed by atoms with Crippen molar-refractivity contribution in [2.24, 2.45) is 0 Å². The number of fused-ring (bicyclic) bond motifs is 1. The highest BCUT2D eigenvalue weighted by Gasteiger charge is 2.34. The number of rotatable bonds is 8. The molecule has 0 spiro atoms. The largest absolute Gasteiger partial charge is 0.344 e. The first-order valence-corrected chi connectivity index (χ1v) is 8.33. The lowest BCUT2D eigenvalue weighted by Gasteiger charge is -2.23. The van der Waals surface area contributed by atoms with E-state index >= 15 is 0 Å². The first kappa shape index (κ1) is 18.1. The van der Waals surface area contributed by atoms with Gasteiger partial charge in [0.05, 0.1) is 11.1 Å². The Morgan fingerprint density at radius 3 is 2.12 bits per heavy atom. The molecule has 1 aromatic carbocycles. The Hall–Kier alpha value is -2.21. The quantitative estimate of drug-likeness (QED) is 0.677. The smallest absolute Gasteiger partial charge is 0.261 e. The summed E-state index contributed by atoms with van der Waals surface area (Å²) >= 11 is 0. The summed E-state index contributed by atoms with van der Waals surface area (Å²) in [6.45, 7) is 4.27. The summed E-state index contributed by atoms with van der Waals surface area (Å²) in [5.74, 6) is -0.301. The molecule has 130 valence electrons. The van der Waals surface area contributed by atoms with Crippen LogP contribution in [0.2, 0.25) is 0 Å². The number of carbonyl (C=O) groups excluding carboxylic acids is 3. The zero-order valence-corrected chi connectivity index (χ0v) is 14.6. The third-order valence-electron chi connectivity index (χ3n) is 4.29. The number of nitrogens with zero attached hydrogens (tertiary/aromatic N) is 3. The van der Waals surface area contributed by atoms with Gasteiger partial charge in [-0.2, -0.15) is 0 Å². The maximum atomic E-state index is 12.3. The minimum absolute atomic E-state index is 0.145. The Labute approximate surface area is 143 Å². The van der Waals surface area contributed by atoms with Gasteiger partial charge in [-0.05, 0) is 25.6 Å². The Bertz CT molecular complexity index is 595. The maximum Gasteiger partial charge on any atom is 0.261 e. The van der Waals surface area contributed by atoms with E-state index in [1.54, 1.807) is 36.2 Å². The SMILES string of the molecule is CCCC(=O)N(C)CCN(C)CCN1C(=O)c2ccccc2C1=O. The van der Waals surface area contributed by atoms with Crippen molar-refractivity contribution < 1.29 is 14.4 Å². The summed E-state index contributed by atoms with van der Waals surface area (Å²) in [5.41, 5.74) is 0.963. The van der Waals surface area contributed by atoms with Gasteiger partial charge in [0.2, 0.25) is 5.91 Å². The van der Waals surface area contributed by atoms with Crippen LogP contribution in [0.4, 0.5) is 0 Å². The molecule has 0 bridgehead atoms. The normalized spacial score (nSPS) is 13.6. The average Bonchev–Trinajstić information content (AvgIpc) is 2.82. The number of hydrogen-bond donors (Lipinski definition) is 0. The Kier molecular flexibility index (Phi) is 6.09. The molecule has 0 N–H and O–H groups in total. The van der Waals surface area contributed by atoms with E-state index in [-0.39, 0.29) is 17.7 Å². The molecule has 0 aromatic heterocycles. The number of amides is 3. The first-order chi connectivity index (χ1) is 11.5. The van der Waals surface area contributed by atoms with Crippen LogP contribution < -0.4 is 0 Å². The Morgan fingerprint density at radius 1 is 1.00 bits per heavy atom. The minimum Gasteiger partial charge on any atom is -0.344 e. The lowest BCUT2D eigenvalue weighted by molar-refractivity contribution is -0.130. The molecular formula is C18H25N3O3. The number of carbonyl (C=O) groups is 3. The molecule has 0 saturated heterocycles. The van der Waals surface area contributed by atoms with Gasteiger partial charge in [-0.15, -0.1) is 0 Å². The molecule has 6 nitrogen and oxygen atoms in total. The Morgan fingerprint density at radius 2 is 1.58 bits per heavy atom. The zero-order chi connectivity index (χ0) is 17.7. The maximum absolute atomic E-state index is 12.3. The highest BCUT2D eigenvalue weighted by molar-refractivity contribution is 6.21. The number of imide groups is 1. The average molecular weight is 331 g/mol. The van der Waals surface area contributed by atoms with Gasteiger partial charge in [-0.3, -0.25) is 19.3 Å². The van der Waals surface area contributed by atoms with E-state index in [2.05, 4.69) is 0 Å². The monoisotopic (exact) mass is 331 g/mol. The molecule has 0 atom stereocenters. The molecule has 2 rings (SSSR count). The van der Waals surface area contributed by atoms with E-state index in [9.17, 15) is 14.4 Å². The van der Waals surface area contributed by atoms with Gasteiger partial charge in [-0.1, -0.05) is 19.1 Å². The van der Waals surface area contributed by atoms with Crippen LogP contribution in [0.25, 0.3) is 0 Å². The van der Waals surface area contributed by atoms with Crippen molar-refractivity contribution in [1.82, 2.24) is 14.7 Å². The lowest BCUT2D eigenvalue weighted by Crippen LogP contribution is -2.40. The third kappa shape index (κ3) is 4.00. The molecule has 1 heterocycles. The van der Waals surface area contributed by atoms with E-state index in [1.807, 2.05) is 18.9 Å². The molecule has 1 aliphatic rings. The molecule has 1 aliphatic heterocycles. The van der Waals surface area contributed by atoms with E-state index in [0.29, 0.717) is 43.7 Å². The van der Waals surface area contributed by atoms with Crippen molar-refractivity contribution in [3.8, 4) is 0 Å². The van der Waals surface area contributed by atoms with Crippen LogP contribution in [-0.2, 0) is 4.79 Å². The fourth-order valence-electron chi connectivity index (χ4n) is 2.67. The fourth-order valence-corrected chi connectivity index (χ4v) is 2.67. The summed E-state index contributed by atoms with van der Waals surface area (Å²) < 4.78 is 0. The fraction of sp³-hybridized carbons (Fsp3) is 0.500. The van der Waals surface area contributed by atoms with Crippen LogP contribution >= 0.6 is 0 Å².